The number of rotatable bonds is 5. The zero-order chi connectivity index (χ0) is 33.8. The summed E-state index contributed by atoms with van der Waals surface area (Å²) in [6.07, 6.45) is 3.60. The van der Waals surface area contributed by atoms with Crippen molar-refractivity contribution in [2.45, 2.75) is 25.3 Å². The molecule has 14 nitrogen and oxygen atoms in total. The van der Waals surface area contributed by atoms with Crippen LogP contribution in [0.1, 0.15) is 35.2 Å². The molecule has 0 spiro atoms. The number of ether oxygens (including phenoxy) is 1. The van der Waals surface area contributed by atoms with Crippen molar-refractivity contribution in [3.63, 3.8) is 0 Å². The number of aromatic nitrogens is 7. The maximum absolute atomic E-state index is 14.8. The van der Waals surface area contributed by atoms with E-state index in [1.165, 1.54) is 42.4 Å². The van der Waals surface area contributed by atoms with Gasteiger partial charge in [0, 0.05) is 52.9 Å². The van der Waals surface area contributed by atoms with E-state index >= 15 is 0 Å². The SMILES string of the molecule is COC(=O)Nc1ccc2c(c1)NC(=O)CCc1nc(ccc1F)C[C@@H](NC(=O)/C=C/c1cc(Cl)ccc1-n1cnnn1)c1nc-2c(Cl)[nH]1. The lowest BCUT2D eigenvalue weighted by atomic mass is 10.1. The molecule has 6 rings (SSSR count). The lowest BCUT2D eigenvalue weighted by molar-refractivity contribution is -0.117. The normalized spacial score (nSPS) is 14.5. The van der Waals surface area contributed by atoms with Gasteiger partial charge in [-0.25, -0.2) is 14.2 Å². The number of amides is 3. The Hall–Kier alpha value is -5.67. The van der Waals surface area contributed by atoms with Crippen LogP contribution in [0.5, 0.6) is 0 Å². The zero-order valence-electron chi connectivity index (χ0n) is 25.0. The molecule has 48 heavy (non-hydrogen) atoms. The van der Waals surface area contributed by atoms with E-state index < -0.39 is 29.8 Å². The van der Waals surface area contributed by atoms with Crippen molar-refractivity contribution in [2.24, 2.45) is 0 Å². The molecule has 3 amide bonds. The van der Waals surface area contributed by atoms with E-state index in [-0.39, 0.29) is 47.3 Å². The van der Waals surface area contributed by atoms with Gasteiger partial charge in [-0.15, -0.1) is 5.10 Å². The molecular weight excluding hydrogens is 666 g/mol. The Labute approximate surface area is 281 Å². The van der Waals surface area contributed by atoms with E-state index in [2.05, 4.69) is 46.2 Å². The Balaban J connectivity index is 1.37. The Bertz CT molecular complexity index is 2050. The number of nitrogens with one attached hydrogen (secondary N) is 4. The van der Waals surface area contributed by atoms with Gasteiger partial charge in [-0.2, -0.15) is 4.68 Å². The van der Waals surface area contributed by atoms with E-state index in [4.69, 9.17) is 28.2 Å². The third kappa shape index (κ3) is 7.32. The quantitative estimate of drug-likeness (QED) is 0.183. The van der Waals surface area contributed by atoms with E-state index in [0.717, 1.165) is 0 Å². The smallest absolute Gasteiger partial charge is 0.411 e. The molecule has 3 aromatic heterocycles. The number of aromatic amines is 1. The van der Waals surface area contributed by atoms with Gasteiger partial charge in [-0.3, -0.25) is 19.9 Å². The van der Waals surface area contributed by atoms with E-state index in [1.54, 1.807) is 36.4 Å². The third-order valence-corrected chi connectivity index (χ3v) is 7.79. The number of benzene rings is 2. The highest BCUT2D eigenvalue weighted by Crippen LogP contribution is 2.35. The van der Waals surface area contributed by atoms with Gasteiger partial charge in [0.1, 0.15) is 28.8 Å². The molecule has 0 radical (unpaired) electrons. The summed E-state index contributed by atoms with van der Waals surface area (Å²) in [5, 5.41) is 20.1. The van der Waals surface area contributed by atoms with Gasteiger partial charge in [-0.1, -0.05) is 23.2 Å². The summed E-state index contributed by atoms with van der Waals surface area (Å²) in [6.45, 7) is 0. The van der Waals surface area contributed by atoms with Crippen molar-refractivity contribution in [3.05, 3.63) is 99.7 Å². The van der Waals surface area contributed by atoms with E-state index in [1.807, 2.05) is 0 Å². The minimum absolute atomic E-state index is 0.00656. The Morgan fingerprint density at radius 3 is 2.75 bits per heavy atom. The molecule has 2 aromatic carbocycles. The maximum atomic E-state index is 14.8. The van der Waals surface area contributed by atoms with Gasteiger partial charge in [0.05, 0.1) is 30.2 Å². The Kier molecular flexibility index (Phi) is 9.40. The number of nitrogens with zero attached hydrogens (tertiary/aromatic N) is 6. The molecule has 0 aliphatic carbocycles. The summed E-state index contributed by atoms with van der Waals surface area (Å²) in [5.74, 6) is -1.23. The average molecular weight is 692 g/mol. The highest BCUT2D eigenvalue weighted by atomic mass is 35.5. The number of methoxy groups -OCH3 is 1. The molecule has 17 heteroatoms. The minimum Gasteiger partial charge on any atom is -0.453 e. The first kappa shape index (κ1) is 32.3. The second-order valence-corrected chi connectivity index (χ2v) is 11.3. The first-order valence-corrected chi connectivity index (χ1v) is 15.1. The number of carbonyl (C=O) groups excluding carboxylic acids is 3. The first-order valence-electron chi connectivity index (χ1n) is 14.4. The Morgan fingerprint density at radius 1 is 1.10 bits per heavy atom. The summed E-state index contributed by atoms with van der Waals surface area (Å²) in [4.78, 5) is 50.4. The second kappa shape index (κ2) is 14.0. The molecule has 1 aliphatic heterocycles. The molecule has 0 saturated heterocycles. The monoisotopic (exact) mass is 690 g/mol. The topological polar surface area (TPSA) is 182 Å². The summed E-state index contributed by atoms with van der Waals surface area (Å²) in [7, 11) is 1.22. The molecule has 4 bridgehead atoms. The molecule has 0 unspecified atom stereocenters. The standard InChI is InChI=1S/C31H25Cl2FN10O4/c1-48-31(47)37-19-4-6-20-23(13-19)38-27(46)11-8-22-21(34)7-5-18(36-22)14-24(30-40-28(20)29(33)41-30)39-26(45)10-2-16-12-17(32)3-9-25(16)44-15-35-42-43-44/h2-7,9-10,12-13,15,24H,8,11,14H2,1H3,(H,37,47)(H,38,46)(H,39,45)(H,40,41)/b10-2+/t24-/m1/s1. The number of imidazole rings is 1. The van der Waals surface area contributed by atoms with Crippen LogP contribution in [0.3, 0.4) is 0 Å². The molecule has 1 atom stereocenters. The van der Waals surface area contributed by atoms with Gasteiger partial charge in [0.15, 0.2) is 0 Å². The highest BCUT2D eigenvalue weighted by molar-refractivity contribution is 6.32. The molecule has 4 heterocycles. The van der Waals surface area contributed by atoms with Gasteiger partial charge < -0.3 is 20.4 Å². The number of fused-ring (bicyclic) bond motifs is 6. The number of carbonyl (C=O) groups is 3. The summed E-state index contributed by atoms with van der Waals surface area (Å²) in [5.41, 5.74) is 2.99. The van der Waals surface area contributed by atoms with Crippen molar-refractivity contribution < 1.29 is 23.5 Å². The molecule has 0 fully saturated rings. The number of aryl methyl sites for hydroxylation is 1. The number of tetrazole rings is 1. The molecule has 4 N–H and O–H groups in total. The summed E-state index contributed by atoms with van der Waals surface area (Å²) >= 11 is 12.9. The van der Waals surface area contributed by atoms with E-state index in [9.17, 15) is 18.8 Å². The minimum atomic E-state index is -0.807. The molecule has 5 aromatic rings. The largest absolute Gasteiger partial charge is 0.453 e. The fourth-order valence-electron chi connectivity index (χ4n) is 5.03. The number of hydrogen-bond donors (Lipinski definition) is 4. The number of H-pyrrole nitrogens is 1. The molecule has 1 aliphatic rings. The van der Waals surface area contributed by atoms with Gasteiger partial charge in [-0.05, 0) is 65.0 Å². The molecular formula is C31H25Cl2FN10O4. The zero-order valence-corrected chi connectivity index (χ0v) is 26.5. The van der Waals surface area contributed by atoms with Gasteiger partial charge in [0.2, 0.25) is 11.8 Å². The van der Waals surface area contributed by atoms with Crippen molar-refractivity contribution in [1.29, 1.82) is 0 Å². The van der Waals surface area contributed by atoms with Crippen molar-refractivity contribution in [1.82, 2.24) is 40.5 Å². The van der Waals surface area contributed by atoms with Crippen LogP contribution in [0, 0.1) is 5.82 Å². The van der Waals surface area contributed by atoms with Crippen molar-refractivity contribution in [3.8, 4) is 16.9 Å². The number of halogens is 3. The van der Waals surface area contributed by atoms with Crippen LogP contribution in [-0.4, -0.2) is 60.2 Å². The summed E-state index contributed by atoms with van der Waals surface area (Å²) in [6, 6.07) is 11.7. The first-order chi connectivity index (χ1) is 23.2. The highest BCUT2D eigenvalue weighted by Gasteiger charge is 2.24. The number of anilines is 2. The molecule has 0 saturated carbocycles. The van der Waals surface area contributed by atoms with Crippen molar-refractivity contribution in [2.75, 3.05) is 17.7 Å². The fraction of sp³-hybridized carbons (Fsp3) is 0.161. The number of hydrogen-bond acceptors (Lipinski definition) is 9. The van der Waals surface area contributed by atoms with Crippen molar-refractivity contribution >= 4 is 58.6 Å². The average Bonchev–Trinajstić information content (AvgIpc) is 3.74. The van der Waals surface area contributed by atoms with Crippen LogP contribution in [0.2, 0.25) is 10.2 Å². The van der Waals surface area contributed by atoms with Crippen LogP contribution in [-0.2, 0) is 27.2 Å². The van der Waals surface area contributed by atoms with Crippen LogP contribution in [0.4, 0.5) is 20.6 Å². The van der Waals surface area contributed by atoms with E-state index in [0.29, 0.717) is 33.2 Å². The predicted octanol–water partition coefficient (Wildman–Crippen LogP) is 5.07. The summed E-state index contributed by atoms with van der Waals surface area (Å²) < 4.78 is 20.9. The predicted molar refractivity (Wildman–Crippen MR) is 174 cm³/mol. The van der Waals surface area contributed by atoms with Crippen LogP contribution in [0.25, 0.3) is 23.0 Å². The number of pyridine rings is 1. The fourth-order valence-corrected chi connectivity index (χ4v) is 5.45. The van der Waals surface area contributed by atoms with Gasteiger partial charge >= 0.3 is 6.09 Å². The van der Waals surface area contributed by atoms with Crippen LogP contribution in [0.15, 0.2) is 60.9 Å². The lowest BCUT2D eigenvalue weighted by Crippen LogP contribution is -2.29. The third-order valence-electron chi connectivity index (χ3n) is 7.28. The van der Waals surface area contributed by atoms with Gasteiger partial charge in [0.25, 0.3) is 0 Å². The maximum Gasteiger partial charge on any atom is 0.411 e. The lowest BCUT2D eigenvalue weighted by Gasteiger charge is -2.17. The Morgan fingerprint density at radius 2 is 1.96 bits per heavy atom. The molecule has 244 valence electrons. The van der Waals surface area contributed by atoms with Crippen LogP contribution < -0.4 is 16.0 Å². The van der Waals surface area contributed by atoms with Crippen LogP contribution >= 0.6 is 23.2 Å². The second-order valence-electron chi connectivity index (χ2n) is 10.5.